The van der Waals surface area contributed by atoms with Crippen molar-refractivity contribution in [2.24, 2.45) is 11.7 Å². The second-order valence-corrected chi connectivity index (χ2v) is 5.93. The van der Waals surface area contributed by atoms with E-state index in [1.807, 2.05) is 6.92 Å². The molecule has 0 spiro atoms. The van der Waals surface area contributed by atoms with E-state index in [2.05, 4.69) is 24.1 Å². The van der Waals surface area contributed by atoms with Gasteiger partial charge in [-0.2, -0.15) is 0 Å². The van der Waals surface area contributed by atoms with Gasteiger partial charge in [-0.15, -0.1) is 0 Å². The molecule has 1 amide bonds. The van der Waals surface area contributed by atoms with Crippen molar-refractivity contribution in [2.45, 2.75) is 65.0 Å². The van der Waals surface area contributed by atoms with Crippen LogP contribution in [0.4, 0.5) is 0 Å². The summed E-state index contributed by atoms with van der Waals surface area (Å²) in [5.41, 5.74) is 5.61. The Kier molecular flexibility index (Phi) is 7.39. The molecule has 3 N–H and O–H groups in total. The first-order chi connectivity index (χ1) is 9.08. The predicted molar refractivity (Wildman–Crippen MR) is 79.9 cm³/mol. The highest BCUT2D eigenvalue weighted by Crippen LogP contribution is 2.21. The molecular weight excluding hydrogens is 238 g/mol. The van der Waals surface area contributed by atoms with E-state index in [0.29, 0.717) is 0 Å². The van der Waals surface area contributed by atoms with E-state index in [-0.39, 0.29) is 18.0 Å². The average molecular weight is 269 g/mol. The number of nitrogens with zero attached hydrogens (tertiary/aromatic N) is 1. The van der Waals surface area contributed by atoms with Crippen LogP contribution < -0.4 is 11.1 Å². The fourth-order valence-corrected chi connectivity index (χ4v) is 2.90. The minimum absolute atomic E-state index is 0.00173. The average Bonchev–Trinajstić information content (AvgIpc) is 2.39. The summed E-state index contributed by atoms with van der Waals surface area (Å²) in [6.07, 6.45) is 5.65. The number of piperidine rings is 1. The Morgan fingerprint density at radius 3 is 2.53 bits per heavy atom. The van der Waals surface area contributed by atoms with Crippen molar-refractivity contribution < 1.29 is 4.79 Å². The Labute approximate surface area is 118 Å². The van der Waals surface area contributed by atoms with E-state index >= 15 is 0 Å². The van der Waals surface area contributed by atoms with Gasteiger partial charge in [-0.3, -0.25) is 9.69 Å². The number of nitrogens with two attached hydrogens (primary N) is 1. The molecule has 0 aliphatic carbocycles. The summed E-state index contributed by atoms with van der Waals surface area (Å²) in [6.45, 7) is 9.10. The lowest BCUT2D eigenvalue weighted by Crippen LogP contribution is -2.50. The van der Waals surface area contributed by atoms with Crippen molar-refractivity contribution >= 4 is 5.91 Å². The van der Waals surface area contributed by atoms with Gasteiger partial charge in [-0.25, -0.2) is 0 Å². The molecule has 2 unspecified atom stereocenters. The first-order valence-electron chi connectivity index (χ1n) is 7.83. The summed E-state index contributed by atoms with van der Waals surface area (Å²) in [5.74, 6) is 0.939. The Hall–Kier alpha value is -0.610. The molecule has 1 heterocycles. The second kappa shape index (κ2) is 8.54. The molecule has 19 heavy (non-hydrogen) atoms. The summed E-state index contributed by atoms with van der Waals surface area (Å²) < 4.78 is 0. The van der Waals surface area contributed by atoms with Gasteiger partial charge in [0, 0.05) is 6.04 Å². The quantitative estimate of drug-likeness (QED) is 0.740. The molecule has 1 rings (SSSR count). The molecular formula is C15H31N3O. The summed E-state index contributed by atoms with van der Waals surface area (Å²) in [7, 11) is 0. The lowest BCUT2D eigenvalue weighted by Gasteiger charge is -2.35. The monoisotopic (exact) mass is 269 g/mol. The van der Waals surface area contributed by atoms with Gasteiger partial charge in [-0.1, -0.05) is 13.3 Å². The molecule has 0 aromatic carbocycles. The highest BCUT2D eigenvalue weighted by atomic mass is 16.2. The van der Waals surface area contributed by atoms with Crippen molar-refractivity contribution in [3.05, 3.63) is 0 Å². The van der Waals surface area contributed by atoms with Gasteiger partial charge < -0.3 is 11.1 Å². The summed E-state index contributed by atoms with van der Waals surface area (Å²) >= 11 is 0. The van der Waals surface area contributed by atoms with Crippen LogP contribution in [0.5, 0.6) is 0 Å². The van der Waals surface area contributed by atoms with Crippen molar-refractivity contribution in [3.8, 4) is 0 Å². The van der Waals surface area contributed by atoms with Crippen molar-refractivity contribution in [1.82, 2.24) is 10.2 Å². The highest BCUT2D eigenvalue weighted by Gasteiger charge is 2.26. The molecule has 0 saturated carbocycles. The first-order valence-corrected chi connectivity index (χ1v) is 7.83. The van der Waals surface area contributed by atoms with Crippen LogP contribution in [0.3, 0.4) is 0 Å². The van der Waals surface area contributed by atoms with Crippen LogP contribution in [-0.4, -0.2) is 42.5 Å². The molecule has 2 atom stereocenters. The van der Waals surface area contributed by atoms with E-state index < -0.39 is 0 Å². The zero-order valence-corrected chi connectivity index (χ0v) is 12.8. The molecule has 1 aliphatic heterocycles. The summed E-state index contributed by atoms with van der Waals surface area (Å²) in [5, 5.41) is 3.11. The summed E-state index contributed by atoms with van der Waals surface area (Å²) in [4.78, 5) is 14.5. The number of likely N-dealkylation sites (tertiary alicyclic amines) is 1. The van der Waals surface area contributed by atoms with Crippen LogP contribution in [0.1, 0.15) is 52.9 Å². The van der Waals surface area contributed by atoms with Gasteiger partial charge >= 0.3 is 0 Å². The van der Waals surface area contributed by atoms with E-state index in [1.165, 1.54) is 12.8 Å². The van der Waals surface area contributed by atoms with Crippen molar-refractivity contribution in [2.75, 3.05) is 19.6 Å². The lowest BCUT2D eigenvalue weighted by molar-refractivity contribution is -0.127. The van der Waals surface area contributed by atoms with Gasteiger partial charge in [0.1, 0.15) is 0 Å². The Balaban J connectivity index is 2.33. The number of carbonyl (C=O) groups excluding carboxylic acids is 1. The van der Waals surface area contributed by atoms with E-state index in [9.17, 15) is 4.79 Å². The Morgan fingerprint density at radius 1 is 1.37 bits per heavy atom. The van der Waals surface area contributed by atoms with Crippen LogP contribution in [0, 0.1) is 5.92 Å². The minimum atomic E-state index is -0.00173. The number of rotatable bonds is 7. The molecule has 1 saturated heterocycles. The standard InChI is InChI=1S/C15H31N3O/c1-4-5-12(2)17-15(19)13(3)18-10-7-14(6-9-16)8-11-18/h12-14H,4-11,16H2,1-3H3,(H,17,19). The molecule has 0 radical (unpaired) electrons. The number of hydrogen-bond donors (Lipinski definition) is 2. The largest absolute Gasteiger partial charge is 0.352 e. The van der Waals surface area contributed by atoms with Gasteiger partial charge in [0.25, 0.3) is 0 Å². The number of carbonyl (C=O) groups is 1. The molecule has 112 valence electrons. The first kappa shape index (κ1) is 16.4. The van der Waals surface area contributed by atoms with E-state index in [4.69, 9.17) is 5.73 Å². The van der Waals surface area contributed by atoms with Gasteiger partial charge in [0.05, 0.1) is 6.04 Å². The SMILES string of the molecule is CCCC(C)NC(=O)C(C)N1CCC(CCN)CC1. The predicted octanol–water partition coefficient (Wildman–Crippen LogP) is 1.74. The maximum Gasteiger partial charge on any atom is 0.237 e. The molecule has 0 aromatic heterocycles. The number of amides is 1. The fourth-order valence-electron chi connectivity index (χ4n) is 2.90. The van der Waals surface area contributed by atoms with Crippen LogP contribution in [0.15, 0.2) is 0 Å². The third-order valence-corrected chi connectivity index (χ3v) is 4.26. The molecule has 4 nitrogen and oxygen atoms in total. The lowest BCUT2D eigenvalue weighted by atomic mass is 9.93. The molecule has 1 aliphatic rings. The number of hydrogen-bond acceptors (Lipinski definition) is 3. The van der Waals surface area contributed by atoms with Crippen LogP contribution in [0.25, 0.3) is 0 Å². The van der Waals surface area contributed by atoms with Crippen molar-refractivity contribution in [1.29, 1.82) is 0 Å². The molecule has 1 fully saturated rings. The van der Waals surface area contributed by atoms with E-state index in [0.717, 1.165) is 44.8 Å². The van der Waals surface area contributed by atoms with Gasteiger partial charge in [0.2, 0.25) is 5.91 Å². The smallest absolute Gasteiger partial charge is 0.237 e. The van der Waals surface area contributed by atoms with Gasteiger partial charge in [-0.05, 0) is 65.1 Å². The van der Waals surface area contributed by atoms with Crippen LogP contribution in [-0.2, 0) is 4.79 Å². The maximum atomic E-state index is 12.2. The van der Waals surface area contributed by atoms with Crippen LogP contribution >= 0.6 is 0 Å². The van der Waals surface area contributed by atoms with Crippen LogP contribution in [0.2, 0.25) is 0 Å². The maximum absolute atomic E-state index is 12.2. The van der Waals surface area contributed by atoms with E-state index in [1.54, 1.807) is 0 Å². The summed E-state index contributed by atoms with van der Waals surface area (Å²) in [6, 6.07) is 0.285. The zero-order chi connectivity index (χ0) is 14.3. The third kappa shape index (κ3) is 5.49. The molecule has 4 heteroatoms. The molecule has 0 bridgehead atoms. The zero-order valence-electron chi connectivity index (χ0n) is 12.8. The Bertz CT molecular complexity index is 262. The van der Waals surface area contributed by atoms with Gasteiger partial charge in [0.15, 0.2) is 0 Å². The third-order valence-electron chi connectivity index (χ3n) is 4.26. The van der Waals surface area contributed by atoms with Crippen molar-refractivity contribution in [3.63, 3.8) is 0 Å². The molecule has 0 aromatic rings. The normalized spacial score (nSPS) is 21.1. The second-order valence-electron chi connectivity index (χ2n) is 5.93. The fraction of sp³-hybridized carbons (Fsp3) is 0.933. The number of nitrogens with one attached hydrogen (secondary N) is 1. The minimum Gasteiger partial charge on any atom is -0.352 e. The Morgan fingerprint density at radius 2 is 2.00 bits per heavy atom. The highest BCUT2D eigenvalue weighted by molar-refractivity contribution is 5.81. The topological polar surface area (TPSA) is 58.4 Å².